The smallest absolute Gasteiger partial charge is 0.271 e. The molecule has 5 N–H and O–H groups in total. The standard InChI is InChI=1S/C24H30ClN7O2/c1-12-17(25)9-16(14(3)31-23-20(13(2)26)22(27)29-11-30-23)21(34-6)19(12)15-7-8-18(28-10-15)24(33)32(4)5/h7-11,14,22H,26-27H2,1-6H3,(H,29,30,31). The Bertz CT molecular complexity index is 1180. The molecule has 1 aliphatic rings. The summed E-state index contributed by atoms with van der Waals surface area (Å²) in [6, 6.07) is 5.02. The number of nitrogens with zero attached hydrogens (tertiary/aromatic N) is 4. The summed E-state index contributed by atoms with van der Waals surface area (Å²) in [4.78, 5) is 27.0. The SMILES string of the molecule is COc1c(C(C)N=C2NC=NC(N)C2=C(C)N)cc(Cl)c(C)c1-c1ccc(C(=O)N(C)C)nc1. The number of pyridine rings is 1. The minimum Gasteiger partial charge on any atom is -0.496 e. The molecular weight excluding hydrogens is 454 g/mol. The maximum atomic E-state index is 12.2. The first-order valence-corrected chi connectivity index (χ1v) is 11.1. The van der Waals surface area contributed by atoms with Crippen LogP contribution in [0.3, 0.4) is 0 Å². The molecule has 0 saturated heterocycles. The van der Waals surface area contributed by atoms with Gasteiger partial charge in [0.15, 0.2) is 0 Å². The number of amides is 1. The molecule has 2 heterocycles. The molecule has 2 unspecified atom stereocenters. The van der Waals surface area contributed by atoms with Gasteiger partial charge in [-0.1, -0.05) is 17.7 Å². The van der Waals surface area contributed by atoms with Gasteiger partial charge in [-0.05, 0) is 38.5 Å². The van der Waals surface area contributed by atoms with Crippen LogP contribution in [0.4, 0.5) is 0 Å². The summed E-state index contributed by atoms with van der Waals surface area (Å²) in [5.74, 6) is 0.992. The number of allylic oxidation sites excluding steroid dienone is 1. The van der Waals surface area contributed by atoms with Crippen LogP contribution in [-0.2, 0) is 0 Å². The van der Waals surface area contributed by atoms with Gasteiger partial charge in [-0.3, -0.25) is 19.8 Å². The molecule has 0 aliphatic carbocycles. The number of rotatable bonds is 5. The molecule has 34 heavy (non-hydrogen) atoms. The van der Waals surface area contributed by atoms with E-state index in [1.54, 1.807) is 40.4 Å². The summed E-state index contributed by atoms with van der Waals surface area (Å²) in [5, 5.41) is 3.60. The van der Waals surface area contributed by atoms with Crippen molar-refractivity contribution in [2.75, 3.05) is 21.2 Å². The first-order chi connectivity index (χ1) is 16.1. The Hall–Kier alpha value is -3.43. The average molecular weight is 484 g/mol. The Morgan fingerprint density at radius 2 is 2.06 bits per heavy atom. The van der Waals surface area contributed by atoms with Crippen LogP contribution in [0.2, 0.25) is 5.02 Å². The van der Waals surface area contributed by atoms with Gasteiger partial charge < -0.3 is 26.4 Å². The molecule has 1 aromatic heterocycles. The number of amidine groups is 1. The maximum absolute atomic E-state index is 12.2. The summed E-state index contributed by atoms with van der Waals surface area (Å²) < 4.78 is 5.85. The number of benzene rings is 1. The summed E-state index contributed by atoms with van der Waals surface area (Å²) in [7, 11) is 4.97. The first-order valence-electron chi connectivity index (χ1n) is 10.7. The molecule has 180 valence electrons. The van der Waals surface area contributed by atoms with E-state index in [-0.39, 0.29) is 11.9 Å². The van der Waals surface area contributed by atoms with Crippen molar-refractivity contribution in [3.8, 4) is 16.9 Å². The molecule has 2 aromatic rings. The van der Waals surface area contributed by atoms with Gasteiger partial charge in [-0.25, -0.2) is 0 Å². The van der Waals surface area contributed by atoms with Gasteiger partial charge in [-0.15, -0.1) is 0 Å². The molecule has 1 aromatic carbocycles. The zero-order valence-corrected chi connectivity index (χ0v) is 20.9. The van der Waals surface area contributed by atoms with Crippen LogP contribution in [0, 0.1) is 6.92 Å². The number of nitrogens with one attached hydrogen (secondary N) is 1. The van der Waals surface area contributed by atoms with Gasteiger partial charge in [0.05, 0.1) is 25.1 Å². The van der Waals surface area contributed by atoms with Crippen molar-refractivity contribution in [2.24, 2.45) is 21.5 Å². The number of halogens is 1. The second-order valence-electron chi connectivity index (χ2n) is 8.23. The van der Waals surface area contributed by atoms with E-state index in [0.29, 0.717) is 33.6 Å². The van der Waals surface area contributed by atoms with Crippen LogP contribution in [-0.4, -0.2) is 55.3 Å². The summed E-state index contributed by atoms with van der Waals surface area (Å²) in [6.07, 6.45) is 2.57. The van der Waals surface area contributed by atoms with Gasteiger partial charge in [0.25, 0.3) is 5.91 Å². The Balaban J connectivity index is 2.12. The number of nitrogens with two attached hydrogens (primary N) is 2. The highest BCUT2D eigenvalue weighted by molar-refractivity contribution is 6.32. The monoisotopic (exact) mass is 483 g/mol. The highest BCUT2D eigenvalue weighted by atomic mass is 35.5. The lowest BCUT2D eigenvalue weighted by atomic mass is 9.94. The first kappa shape index (κ1) is 25.2. The van der Waals surface area contributed by atoms with Crippen molar-refractivity contribution in [3.05, 3.63) is 57.5 Å². The highest BCUT2D eigenvalue weighted by Crippen LogP contribution is 2.43. The largest absolute Gasteiger partial charge is 0.496 e. The van der Waals surface area contributed by atoms with Crippen molar-refractivity contribution in [2.45, 2.75) is 33.0 Å². The second kappa shape index (κ2) is 10.2. The zero-order valence-electron chi connectivity index (χ0n) is 20.2. The lowest BCUT2D eigenvalue weighted by molar-refractivity contribution is 0.0822. The molecule has 1 aliphatic heterocycles. The number of methoxy groups -OCH3 is 1. The third-order valence-corrected chi connectivity index (χ3v) is 5.96. The minimum atomic E-state index is -0.592. The Kier molecular flexibility index (Phi) is 7.58. The number of aliphatic imine (C=N–C) groups is 2. The number of carbonyl (C=O) groups is 1. The number of carbonyl (C=O) groups excluding carboxylic acids is 1. The number of ether oxygens (including phenoxy) is 1. The molecule has 0 spiro atoms. The van der Waals surface area contributed by atoms with Gasteiger partial charge in [-0.2, -0.15) is 0 Å². The van der Waals surface area contributed by atoms with E-state index in [4.69, 9.17) is 32.8 Å². The quantitative estimate of drug-likeness (QED) is 0.599. The molecule has 1 amide bonds. The third-order valence-electron chi connectivity index (χ3n) is 5.57. The van der Waals surface area contributed by atoms with Crippen molar-refractivity contribution >= 4 is 29.7 Å². The summed E-state index contributed by atoms with van der Waals surface area (Å²) in [5.41, 5.74) is 16.8. The van der Waals surface area contributed by atoms with E-state index >= 15 is 0 Å². The minimum absolute atomic E-state index is 0.174. The van der Waals surface area contributed by atoms with Crippen molar-refractivity contribution in [1.29, 1.82) is 0 Å². The average Bonchev–Trinajstić information content (AvgIpc) is 2.79. The molecule has 10 heteroatoms. The summed E-state index contributed by atoms with van der Waals surface area (Å²) in [6.45, 7) is 5.60. The molecule has 0 radical (unpaired) electrons. The van der Waals surface area contributed by atoms with E-state index in [2.05, 4.69) is 15.3 Å². The molecule has 0 fully saturated rings. The van der Waals surface area contributed by atoms with E-state index < -0.39 is 6.17 Å². The topological polar surface area (TPSA) is 131 Å². The van der Waals surface area contributed by atoms with E-state index in [1.807, 2.05) is 26.0 Å². The molecular formula is C24H30ClN7O2. The normalized spacial score (nSPS) is 18.9. The van der Waals surface area contributed by atoms with Crippen LogP contribution in [0.25, 0.3) is 11.1 Å². The zero-order chi connectivity index (χ0) is 25.2. The predicted octanol–water partition coefficient (Wildman–Crippen LogP) is 3.03. The predicted molar refractivity (Wildman–Crippen MR) is 136 cm³/mol. The third kappa shape index (κ3) is 4.90. The molecule has 0 bridgehead atoms. The van der Waals surface area contributed by atoms with E-state index in [1.165, 1.54) is 11.2 Å². The van der Waals surface area contributed by atoms with Crippen LogP contribution >= 0.6 is 11.6 Å². The van der Waals surface area contributed by atoms with Gasteiger partial charge in [0.2, 0.25) is 0 Å². The molecule has 3 rings (SSSR count). The molecule has 9 nitrogen and oxygen atoms in total. The summed E-state index contributed by atoms with van der Waals surface area (Å²) >= 11 is 6.64. The van der Waals surface area contributed by atoms with Gasteiger partial charge in [0, 0.05) is 47.7 Å². The Labute approximate surface area is 204 Å². The van der Waals surface area contributed by atoms with Crippen molar-refractivity contribution < 1.29 is 9.53 Å². The number of hydrogen-bond acceptors (Lipinski definition) is 7. The van der Waals surface area contributed by atoms with Gasteiger partial charge in [0.1, 0.15) is 23.4 Å². The second-order valence-corrected chi connectivity index (χ2v) is 8.64. The Morgan fingerprint density at radius 3 is 2.62 bits per heavy atom. The molecule has 0 saturated carbocycles. The number of hydrogen-bond donors (Lipinski definition) is 3. The highest BCUT2D eigenvalue weighted by Gasteiger charge is 2.24. The fraction of sp³-hybridized carbons (Fsp3) is 0.333. The van der Waals surface area contributed by atoms with E-state index in [0.717, 1.165) is 22.3 Å². The Morgan fingerprint density at radius 1 is 1.35 bits per heavy atom. The van der Waals surface area contributed by atoms with Gasteiger partial charge >= 0.3 is 0 Å². The fourth-order valence-corrected chi connectivity index (χ4v) is 3.99. The maximum Gasteiger partial charge on any atom is 0.271 e. The van der Waals surface area contributed by atoms with Crippen molar-refractivity contribution in [1.82, 2.24) is 15.2 Å². The van der Waals surface area contributed by atoms with Crippen molar-refractivity contribution in [3.63, 3.8) is 0 Å². The van der Waals surface area contributed by atoms with Crippen LogP contribution in [0.15, 0.2) is 45.7 Å². The van der Waals surface area contributed by atoms with E-state index in [9.17, 15) is 4.79 Å². The van der Waals surface area contributed by atoms with Crippen LogP contribution < -0.4 is 21.5 Å². The molecule has 2 atom stereocenters. The number of aromatic nitrogens is 1. The lowest BCUT2D eigenvalue weighted by Gasteiger charge is -2.24. The fourth-order valence-electron chi connectivity index (χ4n) is 3.78. The van der Waals surface area contributed by atoms with Crippen LogP contribution in [0.1, 0.15) is 41.5 Å². The van der Waals surface area contributed by atoms with Crippen LogP contribution in [0.5, 0.6) is 5.75 Å². The lowest BCUT2D eigenvalue weighted by Crippen LogP contribution is -2.40.